The molecule has 29 heavy (non-hydrogen) atoms. The molecule has 1 fully saturated rings. The Morgan fingerprint density at radius 3 is 2.55 bits per heavy atom. The number of para-hydroxylation sites is 2. The zero-order valence-corrected chi connectivity index (χ0v) is 16.8. The van der Waals surface area contributed by atoms with Crippen LogP contribution < -0.4 is 9.47 Å². The first-order valence-corrected chi connectivity index (χ1v) is 10.2. The van der Waals surface area contributed by atoms with Crippen LogP contribution >= 0.6 is 0 Å². The van der Waals surface area contributed by atoms with E-state index in [1.165, 1.54) is 5.57 Å². The Balaban J connectivity index is 1.30. The van der Waals surface area contributed by atoms with Crippen LogP contribution in [0.3, 0.4) is 0 Å². The van der Waals surface area contributed by atoms with Gasteiger partial charge in [0.25, 0.3) is 0 Å². The monoisotopic (exact) mass is 393 g/mol. The fourth-order valence-electron chi connectivity index (χ4n) is 4.21. The predicted molar refractivity (Wildman–Crippen MR) is 111 cm³/mol. The smallest absolute Gasteiger partial charge is 0.410 e. The van der Waals surface area contributed by atoms with E-state index in [9.17, 15) is 4.79 Å². The van der Waals surface area contributed by atoms with Gasteiger partial charge in [0.05, 0.1) is 19.8 Å². The Hall–Kier alpha value is -2.95. The Morgan fingerprint density at radius 2 is 1.79 bits per heavy atom. The van der Waals surface area contributed by atoms with Crippen LogP contribution in [0.4, 0.5) is 4.79 Å². The van der Waals surface area contributed by atoms with Crippen LogP contribution in [0.1, 0.15) is 31.2 Å². The quantitative estimate of drug-likeness (QED) is 0.624. The molecule has 2 bridgehead atoms. The zero-order valence-electron chi connectivity index (χ0n) is 16.8. The summed E-state index contributed by atoms with van der Waals surface area (Å²) >= 11 is 0. The lowest BCUT2D eigenvalue weighted by atomic mass is 9.99. The molecule has 0 aromatic heterocycles. The molecular weight excluding hydrogens is 366 g/mol. The topological polar surface area (TPSA) is 48.0 Å². The normalized spacial score (nSPS) is 20.2. The number of benzene rings is 2. The fourth-order valence-corrected chi connectivity index (χ4v) is 4.21. The van der Waals surface area contributed by atoms with E-state index in [0.29, 0.717) is 13.2 Å². The molecule has 0 spiro atoms. The molecule has 2 unspecified atom stereocenters. The van der Waals surface area contributed by atoms with Crippen molar-refractivity contribution in [1.29, 1.82) is 0 Å². The molecule has 152 valence electrons. The summed E-state index contributed by atoms with van der Waals surface area (Å²) in [6.45, 7) is 0.920. The highest BCUT2D eigenvalue weighted by molar-refractivity contribution is 5.70. The minimum atomic E-state index is -0.207. The third kappa shape index (κ3) is 4.56. The summed E-state index contributed by atoms with van der Waals surface area (Å²) in [5.74, 6) is 1.51. The van der Waals surface area contributed by atoms with Crippen molar-refractivity contribution in [3.63, 3.8) is 0 Å². The standard InChI is InChI=1S/C24H27NO4/c1-27-22-9-5-6-10-23(22)28-14-13-19-15-20-11-12-21(16-19)25(20)24(26)29-17-18-7-3-2-4-8-18/h2-10,15,20-21H,11-14,16-17H2,1H3. The molecule has 0 aliphatic carbocycles. The molecule has 5 nitrogen and oxygen atoms in total. The highest BCUT2D eigenvalue weighted by Gasteiger charge is 2.40. The van der Waals surface area contributed by atoms with E-state index >= 15 is 0 Å². The highest BCUT2D eigenvalue weighted by atomic mass is 16.6. The van der Waals surface area contributed by atoms with E-state index in [0.717, 1.165) is 42.7 Å². The van der Waals surface area contributed by atoms with Crippen molar-refractivity contribution in [2.45, 2.75) is 44.4 Å². The van der Waals surface area contributed by atoms with Gasteiger partial charge in [-0.1, -0.05) is 54.1 Å². The first-order chi connectivity index (χ1) is 14.2. The van der Waals surface area contributed by atoms with Crippen molar-refractivity contribution in [1.82, 2.24) is 4.90 Å². The summed E-state index contributed by atoms with van der Waals surface area (Å²) in [5.41, 5.74) is 2.37. The second kappa shape index (κ2) is 9.03. The number of hydrogen-bond donors (Lipinski definition) is 0. The van der Waals surface area contributed by atoms with Gasteiger partial charge in [-0.15, -0.1) is 0 Å². The minimum absolute atomic E-state index is 0.137. The molecule has 1 saturated heterocycles. The van der Waals surface area contributed by atoms with Gasteiger partial charge in [0.1, 0.15) is 6.61 Å². The molecule has 2 atom stereocenters. The molecule has 2 aromatic carbocycles. The molecule has 5 heteroatoms. The van der Waals surface area contributed by atoms with Crippen molar-refractivity contribution in [3.05, 3.63) is 71.8 Å². The SMILES string of the molecule is COc1ccccc1OCCC1=CC2CCC(C1)N2C(=O)OCc1ccccc1. The van der Waals surface area contributed by atoms with E-state index in [-0.39, 0.29) is 18.2 Å². The maximum atomic E-state index is 12.6. The number of methoxy groups -OCH3 is 1. The molecule has 2 aliphatic rings. The summed E-state index contributed by atoms with van der Waals surface area (Å²) in [7, 11) is 1.65. The van der Waals surface area contributed by atoms with Gasteiger partial charge in [0.2, 0.25) is 0 Å². The Labute approximate surface area is 171 Å². The van der Waals surface area contributed by atoms with Crippen molar-refractivity contribution < 1.29 is 19.0 Å². The minimum Gasteiger partial charge on any atom is -0.493 e. The first kappa shape index (κ1) is 19.4. The van der Waals surface area contributed by atoms with Crippen LogP contribution in [-0.4, -0.2) is 36.8 Å². The summed E-state index contributed by atoms with van der Waals surface area (Å²) in [6.07, 6.45) is 5.81. The van der Waals surface area contributed by atoms with E-state index in [4.69, 9.17) is 14.2 Å². The van der Waals surface area contributed by atoms with Gasteiger partial charge in [0, 0.05) is 12.5 Å². The van der Waals surface area contributed by atoms with Crippen LogP contribution in [0.15, 0.2) is 66.2 Å². The molecule has 1 amide bonds. The summed E-state index contributed by atoms with van der Waals surface area (Å²) in [5, 5.41) is 0. The van der Waals surface area contributed by atoms with Crippen molar-refractivity contribution in [3.8, 4) is 11.5 Å². The van der Waals surface area contributed by atoms with Crippen LogP contribution in [0.25, 0.3) is 0 Å². The number of rotatable bonds is 7. The number of ether oxygens (including phenoxy) is 3. The lowest BCUT2D eigenvalue weighted by Crippen LogP contribution is -2.43. The van der Waals surface area contributed by atoms with Gasteiger partial charge < -0.3 is 14.2 Å². The molecule has 0 saturated carbocycles. The Kier molecular flexibility index (Phi) is 6.03. The number of carbonyl (C=O) groups is 1. The fraction of sp³-hybridized carbons (Fsp3) is 0.375. The Bertz CT molecular complexity index is 864. The van der Waals surface area contributed by atoms with Gasteiger partial charge in [-0.3, -0.25) is 4.90 Å². The number of nitrogens with zero attached hydrogens (tertiary/aromatic N) is 1. The lowest BCUT2D eigenvalue weighted by Gasteiger charge is -2.33. The zero-order chi connectivity index (χ0) is 20.1. The highest BCUT2D eigenvalue weighted by Crippen LogP contribution is 2.36. The largest absolute Gasteiger partial charge is 0.493 e. The second-order valence-corrected chi connectivity index (χ2v) is 7.52. The van der Waals surface area contributed by atoms with Gasteiger partial charge in [-0.25, -0.2) is 4.79 Å². The summed E-state index contributed by atoms with van der Waals surface area (Å²) in [6, 6.07) is 17.9. The van der Waals surface area contributed by atoms with E-state index in [1.54, 1.807) is 7.11 Å². The van der Waals surface area contributed by atoms with Gasteiger partial charge in [-0.2, -0.15) is 0 Å². The van der Waals surface area contributed by atoms with Crippen LogP contribution in [0.5, 0.6) is 11.5 Å². The maximum Gasteiger partial charge on any atom is 0.410 e. The molecule has 2 aliphatic heterocycles. The molecule has 0 N–H and O–H groups in total. The number of hydrogen-bond acceptors (Lipinski definition) is 4. The second-order valence-electron chi connectivity index (χ2n) is 7.52. The van der Waals surface area contributed by atoms with Crippen molar-refractivity contribution >= 4 is 6.09 Å². The summed E-state index contributed by atoms with van der Waals surface area (Å²) < 4.78 is 16.8. The predicted octanol–water partition coefficient (Wildman–Crippen LogP) is 4.96. The third-order valence-electron chi connectivity index (χ3n) is 5.64. The number of fused-ring (bicyclic) bond motifs is 2. The van der Waals surface area contributed by atoms with Crippen LogP contribution in [-0.2, 0) is 11.3 Å². The van der Waals surface area contributed by atoms with Gasteiger partial charge >= 0.3 is 6.09 Å². The van der Waals surface area contributed by atoms with Crippen molar-refractivity contribution in [2.75, 3.05) is 13.7 Å². The van der Waals surface area contributed by atoms with Crippen LogP contribution in [0, 0.1) is 0 Å². The van der Waals surface area contributed by atoms with E-state index in [2.05, 4.69) is 6.08 Å². The molecule has 2 aromatic rings. The molecule has 2 heterocycles. The van der Waals surface area contributed by atoms with Gasteiger partial charge in [-0.05, 0) is 37.0 Å². The average molecular weight is 393 g/mol. The van der Waals surface area contributed by atoms with Crippen molar-refractivity contribution in [2.24, 2.45) is 0 Å². The molecular formula is C24H27NO4. The molecule has 0 radical (unpaired) electrons. The molecule has 4 rings (SSSR count). The van der Waals surface area contributed by atoms with E-state index in [1.807, 2.05) is 59.5 Å². The maximum absolute atomic E-state index is 12.6. The summed E-state index contributed by atoms with van der Waals surface area (Å²) in [4.78, 5) is 14.6. The lowest BCUT2D eigenvalue weighted by molar-refractivity contribution is 0.0813. The number of amides is 1. The van der Waals surface area contributed by atoms with Gasteiger partial charge in [0.15, 0.2) is 11.5 Å². The van der Waals surface area contributed by atoms with Crippen LogP contribution in [0.2, 0.25) is 0 Å². The first-order valence-electron chi connectivity index (χ1n) is 10.2. The average Bonchev–Trinajstić information content (AvgIpc) is 3.03. The van der Waals surface area contributed by atoms with E-state index < -0.39 is 0 Å². The number of carbonyl (C=O) groups excluding carboxylic acids is 1. The Morgan fingerprint density at radius 1 is 1.03 bits per heavy atom. The third-order valence-corrected chi connectivity index (χ3v) is 5.64.